The molecule has 0 aliphatic carbocycles. The van der Waals surface area contributed by atoms with Gasteiger partial charge >= 0.3 is 0 Å². The van der Waals surface area contributed by atoms with Crippen molar-refractivity contribution < 1.29 is 9.59 Å². The highest BCUT2D eigenvalue weighted by Gasteiger charge is 2.16. The topological polar surface area (TPSA) is 93.0 Å². The predicted octanol–water partition coefficient (Wildman–Crippen LogP) is 3.50. The number of unbranched alkanes of at least 4 members (excludes halogenated alkanes) is 1. The number of likely N-dealkylation sites (N-methyl/N-ethyl adjacent to an activating group) is 1. The maximum Gasteiger partial charge on any atom is 0.243 e. The molecule has 1 heterocycles. The van der Waals surface area contributed by atoms with Gasteiger partial charge in [-0.1, -0.05) is 54.9 Å². The van der Waals surface area contributed by atoms with Crippen LogP contribution in [0, 0.1) is 6.92 Å². The average Bonchev–Trinajstić information content (AvgIpc) is 3.26. The van der Waals surface area contributed by atoms with E-state index < -0.39 is 0 Å². The van der Waals surface area contributed by atoms with Gasteiger partial charge in [0.2, 0.25) is 17.0 Å². The number of aryl methyl sites for hydroxylation is 2. The van der Waals surface area contributed by atoms with E-state index in [-0.39, 0.29) is 24.1 Å². The fourth-order valence-corrected chi connectivity index (χ4v) is 3.82. The first kappa shape index (κ1) is 23.5. The molecular formula is C23H28N6O2S. The zero-order valence-electron chi connectivity index (χ0n) is 18.6. The van der Waals surface area contributed by atoms with Gasteiger partial charge in [-0.25, -0.2) is 0 Å². The lowest BCUT2D eigenvalue weighted by Crippen LogP contribution is -2.36. The van der Waals surface area contributed by atoms with E-state index in [1.165, 1.54) is 22.2 Å². The molecule has 0 aliphatic rings. The van der Waals surface area contributed by atoms with Gasteiger partial charge in [-0.05, 0) is 60.0 Å². The van der Waals surface area contributed by atoms with Gasteiger partial charge in [0.1, 0.15) is 0 Å². The molecular weight excluding hydrogens is 424 g/mol. The second kappa shape index (κ2) is 11.4. The Morgan fingerprint density at radius 2 is 1.81 bits per heavy atom. The highest BCUT2D eigenvalue weighted by Crippen LogP contribution is 2.19. The van der Waals surface area contributed by atoms with Crippen molar-refractivity contribution in [2.45, 2.75) is 38.3 Å². The second-order valence-corrected chi connectivity index (χ2v) is 8.54. The van der Waals surface area contributed by atoms with Crippen molar-refractivity contribution in [2.24, 2.45) is 0 Å². The summed E-state index contributed by atoms with van der Waals surface area (Å²) >= 11 is 1.24. The van der Waals surface area contributed by atoms with Gasteiger partial charge in [0.05, 0.1) is 18.0 Å². The van der Waals surface area contributed by atoms with Crippen molar-refractivity contribution >= 4 is 29.3 Å². The van der Waals surface area contributed by atoms with E-state index in [1.54, 1.807) is 11.7 Å². The fourth-order valence-electron chi connectivity index (χ4n) is 2.99. The van der Waals surface area contributed by atoms with E-state index in [4.69, 9.17) is 0 Å². The number of hydrogen-bond donors (Lipinski definition) is 1. The number of nitrogens with zero attached hydrogens (tertiary/aromatic N) is 5. The number of carbonyl (C=O) groups excluding carboxylic acids is 2. The summed E-state index contributed by atoms with van der Waals surface area (Å²) in [6.45, 7) is 4.13. The molecule has 0 bridgehead atoms. The molecule has 1 aromatic heterocycles. The molecule has 1 N–H and O–H groups in total. The zero-order valence-corrected chi connectivity index (χ0v) is 19.4. The first-order valence-corrected chi connectivity index (χ1v) is 11.6. The van der Waals surface area contributed by atoms with Gasteiger partial charge in [-0.15, -0.1) is 5.10 Å². The van der Waals surface area contributed by atoms with Gasteiger partial charge in [0, 0.05) is 12.7 Å². The predicted molar refractivity (Wildman–Crippen MR) is 126 cm³/mol. The molecule has 8 nitrogen and oxygen atoms in total. The third-order valence-electron chi connectivity index (χ3n) is 4.91. The van der Waals surface area contributed by atoms with Crippen molar-refractivity contribution in [3.05, 3.63) is 59.7 Å². The average molecular weight is 453 g/mol. The molecule has 3 rings (SSSR count). The molecule has 2 aromatic carbocycles. The van der Waals surface area contributed by atoms with Crippen LogP contribution < -0.4 is 5.32 Å². The molecule has 32 heavy (non-hydrogen) atoms. The molecule has 0 unspecified atom stereocenters. The maximum atomic E-state index is 12.5. The molecule has 9 heteroatoms. The van der Waals surface area contributed by atoms with Crippen molar-refractivity contribution in [3.8, 4) is 5.69 Å². The summed E-state index contributed by atoms with van der Waals surface area (Å²) in [5.74, 6) is -0.301. The minimum atomic E-state index is -0.248. The fraction of sp³-hybridized carbons (Fsp3) is 0.348. The lowest BCUT2D eigenvalue weighted by atomic mass is 10.1. The number of thioether (sulfide) groups is 1. The van der Waals surface area contributed by atoms with Crippen LogP contribution in [0.3, 0.4) is 0 Å². The van der Waals surface area contributed by atoms with E-state index in [0.717, 1.165) is 30.5 Å². The van der Waals surface area contributed by atoms with Gasteiger partial charge < -0.3 is 10.2 Å². The Hall–Kier alpha value is -3.20. The number of rotatable bonds is 10. The molecule has 3 aromatic rings. The van der Waals surface area contributed by atoms with Crippen LogP contribution >= 0.6 is 11.8 Å². The number of benzene rings is 2. The molecule has 0 radical (unpaired) electrons. The standard InChI is InChI=1S/C23H28N6O2S/c1-4-5-6-18-9-13-20(14-10-18)29-23(25-26-27-29)32-16-22(31)28(3)15-21(30)24-19-11-7-17(2)8-12-19/h7-14H,4-6,15-16H2,1-3H3,(H,24,30). The Kier molecular flexibility index (Phi) is 8.38. The van der Waals surface area contributed by atoms with E-state index in [9.17, 15) is 9.59 Å². The first-order chi connectivity index (χ1) is 15.5. The van der Waals surface area contributed by atoms with Crippen LogP contribution in [0.2, 0.25) is 0 Å². The minimum absolute atomic E-state index is 0.0303. The van der Waals surface area contributed by atoms with Gasteiger partial charge in [-0.3, -0.25) is 9.59 Å². The number of carbonyl (C=O) groups is 2. The highest BCUT2D eigenvalue weighted by atomic mass is 32.2. The van der Waals surface area contributed by atoms with E-state index >= 15 is 0 Å². The monoisotopic (exact) mass is 452 g/mol. The van der Waals surface area contributed by atoms with Crippen LogP contribution in [-0.2, 0) is 16.0 Å². The van der Waals surface area contributed by atoms with Crippen molar-refractivity contribution in [1.29, 1.82) is 0 Å². The smallest absolute Gasteiger partial charge is 0.243 e. The molecule has 0 saturated heterocycles. The Morgan fingerprint density at radius 3 is 2.50 bits per heavy atom. The lowest BCUT2D eigenvalue weighted by molar-refractivity contribution is -0.131. The number of anilines is 1. The van der Waals surface area contributed by atoms with Crippen molar-refractivity contribution in [1.82, 2.24) is 25.1 Å². The largest absolute Gasteiger partial charge is 0.336 e. The van der Waals surface area contributed by atoms with Crippen LogP contribution in [0.15, 0.2) is 53.7 Å². The Labute approximate surface area is 192 Å². The quantitative estimate of drug-likeness (QED) is 0.473. The minimum Gasteiger partial charge on any atom is -0.336 e. The zero-order chi connectivity index (χ0) is 22.9. The number of hydrogen-bond acceptors (Lipinski definition) is 6. The molecule has 0 fully saturated rings. The third kappa shape index (κ3) is 6.65. The summed E-state index contributed by atoms with van der Waals surface area (Å²) in [4.78, 5) is 26.1. The summed E-state index contributed by atoms with van der Waals surface area (Å²) in [6, 6.07) is 15.6. The number of aromatic nitrogens is 4. The number of amides is 2. The number of tetrazole rings is 1. The van der Waals surface area contributed by atoms with Gasteiger partial charge in [0.15, 0.2) is 0 Å². The highest BCUT2D eigenvalue weighted by molar-refractivity contribution is 7.99. The van der Waals surface area contributed by atoms with E-state index in [0.29, 0.717) is 10.8 Å². The Balaban J connectivity index is 1.52. The Bertz CT molecular complexity index is 1030. The maximum absolute atomic E-state index is 12.5. The van der Waals surface area contributed by atoms with Crippen LogP contribution in [0.25, 0.3) is 5.69 Å². The summed E-state index contributed by atoms with van der Waals surface area (Å²) < 4.78 is 1.62. The lowest BCUT2D eigenvalue weighted by Gasteiger charge is -2.16. The third-order valence-corrected chi connectivity index (χ3v) is 5.81. The summed E-state index contributed by atoms with van der Waals surface area (Å²) in [6.07, 6.45) is 3.36. The van der Waals surface area contributed by atoms with Crippen LogP contribution in [0.5, 0.6) is 0 Å². The second-order valence-electron chi connectivity index (χ2n) is 7.60. The normalized spacial score (nSPS) is 10.7. The van der Waals surface area contributed by atoms with Crippen molar-refractivity contribution in [3.63, 3.8) is 0 Å². The number of nitrogens with one attached hydrogen (secondary N) is 1. The van der Waals surface area contributed by atoms with Crippen LogP contribution in [0.1, 0.15) is 30.9 Å². The van der Waals surface area contributed by atoms with Crippen LogP contribution in [-0.4, -0.2) is 56.3 Å². The summed E-state index contributed by atoms with van der Waals surface area (Å²) in [5.41, 5.74) is 3.94. The molecule has 0 saturated carbocycles. The van der Waals surface area contributed by atoms with Gasteiger partial charge in [-0.2, -0.15) is 4.68 Å². The van der Waals surface area contributed by atoms with E-state index in [1.807, 2.05) is 43.3 Å². The molecule has 0 aliphatic heterocycles. The molecule has 0 spiro atoms. The first-order valence-electron chi connectivity index (χ1n) is 10.6. The van der Waals surface area contributed by atoms with E-state index in [2.05, 4.69) is 39.9 Å². The Morgan fingerprint density at radius 1 is 1.09 bits per heavy atom. The molecule has 0 atom stereocenters. The summed E-state index contributed by atoms with van der Waals surface area (Å²) in [7, 11) is 1.61. The van der Waals surface area contributed by atoms with Gasteiger partial charge in [0.25, 0.3) is 0 Å². The molecule has 168 valence electrons. The molecule has 2 amide bonds. The van der Waals surface area contributed by atoms with Crippen LogP contribution in [0.4, 0.5) is 5.69 Å². The van der Waals surface area contributed by atoms with Crippen molar-refractivity contribution in [2.75, 3.05) is 24.7 Å². The SMILES string of the molecule is CCCCc1ccc(-n2nnnc2SCC(=O)N(C)CC(=O)Nc2ccc(C)cc2)cc1. The summed E-state index contributed by atoms with van der Waals surface area (Å²) in [5, 5.41) is 15.2.